The van der Waals surface area contributed by atoms with Gasteiger partial charge in [-0.1, -0.05) is 12.8 Å². The van der Waals surface area contributed by atoms with Crippen LogP contribution >= 0.6 is 0 Å². The molecule has 1 aliphatic carbocycles. The molecule has 0 atom stereocenters. The van der Waals surface area contributed by atoms with Gasteiger partial charge in [0.15, 0.2) is 0 Å². The number of ether oxygens (including phenoxy) is 1. The maximum Gasteiger partial charge on any atom is 0.306 e. The average Bonchev–Trinajstić information content (AvgIpc) is 3.00. The highest BCUT2D eigenvalue weighted by molar-refractivity contribution is 5.78. The third kappa shape index (κ3) is 5.28. The van der Waals surface area contributed by atoms with Crippen molar-refractivity contribution in [1.29, 1.82) is 0 Å². The van der Waals surface area contributed by atoms with Gasteiger partial charge in [-0.05, 0) is 25.7 Å². The molecule has 0 aromatic rings. The molecule has 1 aliphatic heterocycles. The van der Waals surface area contributed by atoms with E-state index >= 15 is 0 Å². The van der Waals surface area contributed by atoms with Crippen LogP contribution in [0.25, 0.3) is 0 Å². The van der Waals surface area contributed by atoms with Crippen LogP contribution in [-0.2, 0) is 14.3 Å². The quantitative estimate of drug-likeness (QED) is 0.682. The topological polar surface area (TPSA) is 78.9 Å². The summed E-state index contributed by atoms with van der Waals surface area (Å²) in [7, 11) is 0. The molecule has 21 heavy (non-hydrogen) atoms. The molecule has 6 nitrogen and oxygen atoms in total. The second kappa shape index (κ2) is 8.34. The van der Waals surface area contributed by atoms with Gasteiger partial charge >= 0.3 is 5.97 Å². The average molecular weight is 298 g/mol. The third-order valence-corrected chi connectivity index (χ3v) is 4.41. The van der Waals surface area contributed by atoms with E-state index in [0.717, 1.165) is 12.8 Å². The number of carboxylic acids is 1. The molecule has 6 heteroatoms. The van der Waals surface area contributed by atoms with Crippen LogP contribution in [0.3, 0.4) is 0 Å². The first-order chi connectivity index (χ1) is 10.2. The van der Waals surface area contributed by atoms with Gasteiger partial charge in [-0.15, -0.1) is 0 Å². The number of carboxylic acid groups (broad SMARTS) is 1. The summed E-state index contributed by atoms with van der Waals surface area (Å²) in [5.74, 6) is -0.981. The van der Waals surface area contributed by atoms with Crippen molar-refractivity contribution >= 4 is 11.9 Å². The number of carbonyl (C=O) groups is 2. The van der Waals surface area contributed by atoms with Gasteiger partial charge in [0.2, 0.25) is 5.91 Å². The van der Waals surface area contributed by atoms with Crippen molar-refractivity contribution in [1.82, 2.24) is 10.2 Å². The Morgan fingerprint density at radius 3 is 2.43 bits per heavy atom. The maximum atomic E-state index is 12.0. The van der Waals surface area contributed by atoms with E-state index in [9.17, 15) is 9.59 Å². The largest absolute Gasteiger partial charge is 0.481 e. The van der Waals surface area contributed by atoms with E-state index in [2.05, 4.69) is 5.32 Å². The number of nitrogens with one attached hydrogen (secondary N) is 1. The zero-order valence-corrected chi connectivity index (χ0v) is 12.6. The molecular weight excluding hydrogens is 272 g/mol. The summed E-state index contributed by atoms with van der Waals surface area (Å²) in [6, 6.07) is 0. The molecule has 2 fully saturated rings. The van der Waals surface area contributed by atoms with E-state index < -0.39 is 5.97 Å². The summed E-state index contributed by atoms with van der Waals surface area (Å²) in [5.41, 5.74) is 0. The molecule has 0 unspecified atom stereocenters. The van der Waals surface area contributed by atoms with E-state index in [-0.39, 0.29) is 11.8 Å². The SMILES string of the molecule is O=C(O)C1CCN(C(=O)CNCCOC2CCCC2)CC1. The van der Waals surface area contributed by atoms with Crippen molar-refractivity contribution in [3.63, 3.8) is 0 Å². The molecule has 1 heterocycles. The number of hydrogen-bond acceptors (Lipinski definition) is 4. The van der Waals surface area contributed by atoms with Crippen molar-refractivity contribution in [2.45, 2.75) is 44.6 Å². The number of likely N-dealkylation sites (tertiary alicyclic amines) is 1. The normalized spacial score (nSPS) is 20.9. The predicted molar refractivity (Wildman–Crippen MR) is 78.0 cm³/mol. The lowest BCUT2D eigenvalue weighted by Crippen LogP contribution is -2.44. The van der Waals surface area contributed by atoms with Gasteiger partial charge in [0.1, 0.15) is 0 Å². The number of amides is 1. The molecule has 0 bridgehead atoms. The Morgan fingerprint density at radius 2 is 1.81 bits per heavy atom. The zero-order chi connectivity index (χ0) is 15.1. The molecule has 0 aromatic heterocycles. The Labute approximate surface area is 125 Å². The number of carbonyl (C=O) groups excluding carboxylic acids is 1. The van der Waals surface area contributed by atoms with Crippen molar-refractivity contribution in [2.75, 3.05) is 32.8 Å². The van der Waals surface area contributed by atoms with Gasteiger partial charge in [0, 0.05) is 19.6 Å². The lowest BCUT2D eigenvalue weighted by Gasteiger charge is -2.30. The molecule has 2 N–H and O–H groups in total. The molecule has 2 rings (SSSR count). The van der Waals surface area contributed by atoms with Crippen LogP contribution < -0.4 is 5.32 Å². The van der Waals surface area contributed by atoms with E-state index in [4.69, 9.17) is 9.84 Å². The van der Waals surface area contributed by atoms with Crippen LogP contribution in [-0.4, -0.2) is 60.8 Å². The lowest BCUT2D eigenvalue weighted by atomic mass is 9.97. The summed E-state index contributed by atoms with van der Waals surface area (Å²) in [4.78, 5) is 24.6. The lowest BCUT2D eigenvalue weighted by molar-refractivity contribution is -0.145. The van der Waals surface area contributed by atoms with Gasteiger partial charge < -0.3 is 20.1 Å². The summed E-state index contributed by atoms with van der Waals surface area (Å²) in [6.45, 7) is 2.75. The van der Waals surface area contributed by atoms with Gasteiger partial charge in [0.25, 0.3) is 0 Å². The summed E-state index contributed by atoms with van der Waals surface area (Å²) in [5, 5.41) is 12.0. The Kier molecular flexibility index (Phi) is 6.45. The Balaban J connectivity index is 1.52. The van der Waals surface area contributed by atoms with Gasteiger partial charge in [-0.25, -0.2) is 0 Å². The number of aliphatic carboxylic acids is 1. The zero-order valence-electron chi connectivity index (χ0n) is 12.6. The van der Waals surface area contributed by atoms with Gasteiger partial charge in [0.05, 0.1) is 25.2 Å². The molecule has 2 aliphatic rings. The van der Waals surface area contributed by atoms with E-state index in [0.29, 0.717) is 51.7 Å². The molecule has 0 spiro atoms. The molecule has 0 aromatic carbocycles. The fourth-order valence-electron chi connectivity index (χ4n) is 3.04. The highest BCUT2D eigenvalue weighted by Gasteiger charge is 2.26. The maximum absolute atomic E-state index is 12.0. The van der Waals surface area contributed by atoms with Crippen LogP contribution in [0.15, 0.2) is 0 Å². The van der Waals surface area contributed by atoms with Crippen LogP contribution in [0.1, 0.15) is 38.5 Å². The second-order valence-electron chi connectivity index (χ2n) is 5.95. The van der Waals surface area contributed by atoms with Gasteiger partial charge in [-0.3, -0.25) is 9.59 Å². The van der Waals surface area contributed by atoms with Crippen molar-refractivity contribution < 1.29 is 19.4 Å². The van der Waals surface area contributed by atoms with Crippen molar-refractivity contribution in [3.8, 4) is 0 Å². The van der Waals surface area contributed by atoms with Crippen molar-refractivity contribution in [2.24, 2.45) is 5.92 Å². The standard InChI is InChI=1S/C15H26N2O4/c18-14(17-8-5-12(6-9-17)15(19)20)11-16-7-10-21-13-3-1-2-4-13/h12-13,16H,1-11H2,(H,19,20). The Hall–Kier alpha value is -1.14. The van der Waals surface area contributed by atoms with Crippen LogP contribution in [0.4, 0.5) is 0 Å². The minimum atomic E-state index is -0.746. The number of hydrogen-bond donors (Lipinski definition) is 2. The summed E-state index contributed by atoms with van der Waals surface area (Å²) < 4.78 is 5.72. The molecule has 120 valence electrons. The molecular formula is C15H26N2O4. The first-order valence-electron chi connectivity index (χ1n) is 7.99. The molecule has 1 amide bonds. The fourth-order valence-corrected chi connectivity index (χ4v) is 3.04. The smallest absolute Gasteiger partial charge is 0.306 e. The highest BCUT2D eigenvalue weighted by Crippen LogP contribution is 2.20. The van der Waals surface area contributed by atoms with E-state index in [1.165, 1.54) is 12.8 Å². The predicted octanol–water partition coefficient (Wildman–Crippen LogP) is 0.858. The number of rotatable bonds is 7. The molecule has 1 saturated heterocycles. The van der Waals surface area contributed by atoms with E-state index in [1.807, 2.05) is 0 Å². The fraction of sp³-hybridized carbons (Fsp3) is 0.867. The Morgan fingerprint density at radius 1 is 1.14 bits per heavy atom. The van der Waals surface area contributed by atoms with Gasteiger partial charge in [-0.2, -0.15) is 0 Å². The minimum Gasteiger partial charge on any atom is -0.481 e. The van der Waals surface area contributed by atoms with Crippen LogP contribution in [0.5, 0.6) is 0 Å². The first kappa shape index (κ1) is 16.2. The summed E-state index contributed by atoms with van der Waals surface area (Å²) in [6.07, 6.45) is 6.40. The minimum absolute atomic E-state index is 0.0553. The van der Waals surface area contributed by atoms with E-state index in [1.54, 1.807) is 4.90 Å². The van der Waals surface area contributed by atoms with Crippen molar-refractivity contribution in [3.05, 3.63) is 0 Å². The van der Waals surface area contributed by atoms with Crippen LogP contribution in [0, 0.1) is 5.92 Å². The van der Waals surface area contributed by atoms with Crippen LogP contribution in [0.2, 0.25) is 0 Å². The summed E-state index contributed by atoms with van der Waals surface area (Å²) >= 11 is 0. The first-order valence-corrected chi connectivity index (χ1v) is 7.99. The highest BCUT2D eigenvalue weighted by atomic mass is 16.5. The molecule has 0 radical (unpaired) electrons. The Bertz CT molecular complexity index is 348. The second-order valence-corrected chi connectivity index (χ2v) is 5.95. The number of piperidine rings is 1. The third-order valence-electron chi connectivity index (χ3n) is 4.41. The molecule has 1 saturated carbocycles. The number of nitrogens with zero attached hydrogens (tertiary/aromatic N) is 1. The monoisotopic (exact) mass is 298 g/mol.